The topological polar surface area (TPSA) is 72.5 Å². The van der Waals surface area contributed by atoms with Gasteiger partial charge in [-0.25, -0.2) is 9.78 Å². The largest absolute Gasteiger partial charge is 0.496 e. The van der Waals surface area contributed by atoms with Crippen molar-refractivity contribution in [1.29, 1.82) is 0 Å². The van der Waals surface area contributed by atoms with E-state index in [0.717, 1.165) is 11.3 Å². The third-order valence-corrected chi connectivity index (χ3v) is 2.94. The Bertz CT molecular complexity index is 614. The number of pyridine rings is 1. The summed E-state index contributed by atoms with van der Waals surface area (Å²) in [5.74, 6) is 1.54. The van der Waals surface area contributed by atoms with Crippen molar-refractivity contribution < 1.29 is 14.3 Å². The minimum absolute atomic E-state index is 0.331. The first kappa shape index (κ1) is 15.6. The van der Waals surface area contributed by atoms with Gasteiger partial charge in [-0.3, -0.25) is 5.32 Å². The molecule has 0 aliphatic carbocycles. The van der Waals surface area contributed by atoms with Gasteiger partial charge in [0.2, 0.25) is 0 Å². The van der Waals surface area contributed by atoms with Gasteiger partial charge in [0.25, 0.3) is 0 Å². The number of aromatic nitrogens is 1. The third-order valence-electron chi connectivity index (χ3n) is 2.94. The van der Waals surface area contributed by atoms with Gasteiger partial charge in [-0.1, -0.05) is 18.2 Å². The maximum Gasteiger partial charge on any atom is 0.411 e. The summed E-state index contributed by atoms with van der Waals surface area (Å²) >= 11 is 0. The van der Waals surface area contributed by atoms with Crippen LogP contribution < -0.4 is 15.4 Å². The second-order valence-corrected chi connectivity index (χ2v) is 4.44. The van der Waals surface area contributed by atoms with Gasteiger partial charge in [0.1, 0.15) is 11.6 Å². The highest BCUT2D eigenvalue weighted by Crippen LogP contribution is 2.18. The molecule has 2 rings (SSSR count). The summed E-state index contributed by atoms with van der Waals surface area (Å²) in [6.07, 6.45) is 1.08. The molecule has 22 heavy (non-hydrogen) atoms. The minimum atomic E-state index is -0.487. The van der Waals surface area contributed by atoms with E-state index in [-0.39, 0.29) is 0 Å². The Morgan fingerprint density at radius 3 is 2.73 bits per heavy atom. The lowest BCUT2D eigenvalue weighted by Gasteiger charge is -2.10. The lowest BCUT2D eigenvalue weighted by molar-refractivity contribution is 0.168. The fourth-order valence-corrected chi connectivity index (χ4v) is 1.89. The number of rotatable bonds is 6. The maximum atomic E-state index is 11.3. The van der Waals surface area contributed by atoms with Gasteiger partial charge in [-0.05, 0) is 25.1 Å². The van der Waals surface area contributed by atoms with Crippen LogP contribution in [-0.2, 0) is 11.3 Å². The Morgan fingerprint density at radius 2 is 2.05 bits per heavy atom. The highest BCUT2D eigenvalue weighted by Gasteiger charge is 2.04. The van der Waals surface area contributed by atoms with E-state index in [2.05, 4.69) is 15.6 Å². The Balaban J connectivity index is 1.92. The van der Waals surface area contributed by atoms with Gasteiger partial charge in [-0.2, -0.15) is 0 Å². The van der Waals surface area contributed by atoms with Crippen molar-refractivity contribution in [2.45, 2.75) is 13.5 Å². The van der Waals surface area contributed by atoms with Crippen molar-refractivity contribution >= 4 is 17.6 Å². The van der Waals surface area contributed by atoms with Gasteiger partial charge in [0, 0.05) is 12.1 Å². The first-order valence-electron chi connectivity index (χ1n) is 6.98. The highest BCUT2D eigenvalue weighted by molar-refractivity contribution is 5.84. The van der Waals surface area contributed by atoms with Gasteiger partial charge >= 0.3 is 6.09 Å². The van der Waals surface area contributed by atoms with E-state index in [1.165, 1.54) is 0 Å². The van der Waals surface area contributed by atoms with Crippen molar-refractivity contribution in [3.05, 3.63) is 48.2 Å². The van der Waals surface area contributed by atoms with Gasteiger partial charge in [0.05, 0.1) is 25.6 Å². The molecule has 0 spiro atoms. The number of nitrogens with one attached hydrogen (secondary N) is 2. The number of carbonyl (C=O) groups excluding carboxylic acids is 1. The molecule has 0 aliphatic heterocycles. The molecule has 0 unspecified atom stereocenters. The van der Waals surface area contributed by atoms with Crippen LogP contribution in [0.3, 0.4) is 0 Å². The zero-order valence-electron chi connectivity index (χ0n) is 12.6. The fraction of sp³-hybridized carbons (Fsp3) is 0.250. The first-order valence-corrected chi connectivity index (χ1v) is 6.98. The average Bonchev–Trinajstić information content (AvgIpc) is 2.54. The molecular weight excluding hydrogens is 282 g/mol. The Morgan fingerprint density at radius 1 is 1.23 bits per heavy atom. The molecule has 2 aromatic rings. The van der Waals surface area contributed by atoms with Crippen LogP contribution >= 0.6 is 0 Å². The average molecular weight is 301 g/mol. The summed E-state index contributed by atoms with van der Waals surface area (Å²) in [5.41, 5.74) is 1.63. The van der Waals surface area contributed by atoms with E-state index >= 15 is 0 Å². The number of para-hydroxylation sites is 1. The number of ether oxygens (including phenoxy) is 2. The third kappa shape index (κ3) is 4.37. The molecule has 0 aliphatic rings. The van der Waals surface area contributed by atoms with Gasteiger partial charge in [0.15, 0.2) is 0 Å². The molecule has 1 aromatic heterocycles. The standard InChI is InChI=1S/C16H19N3O3/c1-3-22-16(20)19-13-8-9-15(18-11-13)17-10-12-6-4-5-7-14(12)21-2/h4-9,11H,3,10H2,1-2H3,(H,17,18)(H,19,20). The molecule has 116 valence electrons. The number of carbonyl (C=O) groups is 1. The van der Waals surface area contributed by atoms with Crippen LogP contribution in [0.5, 0.6) is 5.75 Å². The molecular formula is C16H19N3O3. The number of hydrogen-bond acceptors (Lipinski definition) is 5. The predicted octanol–water partition coefficient (Wildman–Crippen LogP) is 3.27. The summed E-state index contributed by atoms with van der Waals surface area (Å²) in [7, 11) is 1.65. The van der Waals surface area contributed by atoms with Gasteiger partial charge < -0.3 is 14.8 Å². The minimum Gasteiger partial charge on any atom is -0.496 e. The van der Waals surface area contributed by atoms with E-state index in [1.54, 1.807) is 32.4 Å². The Hall–Kier alpha value is -2.76. The van der Waals surface area contributed by atoms with Crippen LogP contribution in [0.15, 0.2) is 42.6 Å². The van der Waals surface area contributed by atoms with E-state index in [0.29, 0.717) is 24.7 Å². The Labute approximate surface area is 129 Å². The molecule has 2 N–H and O–H groups in total. The quantitative estimate of drug-likeness (QED) is 0.856. The summed E-state index contributed by atoms with van der Waals surface area (Å²) in [6.45, 7) is 2.68. The normalized spacial score (nSPS) is 9.91. The molecule has 1 amide bonds. The van der Waals surface area contributed by atoms with Crippen molar-refractivity contribution in [2.24, 2.45) is 0 Å². The lowest BCUT2D eigenvalue weighted by Crippen LogP contribution is -2.13. The molecule has 6 heteroatoms. The fourth-order valence-electron chi connectivity index (χ4n) is 1.89. The number of methoxy groups -OCH3 is 1. The van der Waals surface area contributed by atoms with Crippen molar-refractivity contribution in [2.75, 3.05) is 24.4 Å². The lowest BCUT2D eigenvalue weighted by atomic mass is 10.2. The molecule has 0 radical (unpaired) electrons. The van der Waals surface area contributed by atoms with Crippen LogP contribution in [0.4, 0.5) is 16.3 Å². The molecule has 1 aromatic carbocycles. The summed E-state index contributed by atoms with van der Waals surface area (Å²) < 4.78 is 10.1. The number of amides is 1. The zero-order chi connectivity index (χ0) is 15.8. The summed E-state index contributed by atoms with van der Waals surface area (Å²) in [5, 5.41) is 5.80. The molecule has 0 bridgehead atoms. The molecule has 6 nitrogen and oxygen atoms in total. The number of anilines is 2. The van der Waals surface area contributed by atoms with Crippen LogP contribution in [0.2, 0.25) is 0 Å². The van der Waals surface area contributed by atoms with Crippen LogP contribution in [0.25, 0.3) is 0 Å². The summed E-state index contributed by atoms with van der Waals surface area (Å²) in [6, 6.07) is 11.3. The van der Waals surface area contributed by atoms with E-state index in [1.807, 2.05) is 24.3 Å². The molecule has 0 saturated heterocycles. The second-order valence-electron chi connectivity index (χ2n) is 4.44. The Kier molecular flexibility index (Phi) is 5.59. The molecule has 0 saturated carbocycles. The van der Waals surface area contributed by atoms with Crippen molar-refractivity contribution in [3.8, 4) is 5.75 Å². The number of hydrogen-bond donors (Lipinski definition) is 2. The maximum absolute atomic E-state index is 11.3. The van der Waals surface area contributed by atoms with E-state index < -0.39 is 6.09 Å². The first-order chi connectivity index (χ1) is 10.7. The second kappa shape index (κ2) is 7.87. The zero-order valence-corrected chi connectivity index (χ0v) is 12.6. The molecule has 1 heterocycles. The van der Waals surface area contributed by atoms with Crippen LogP contribution in [0, 0.1) is 0 Å². The highest BCUT2D eigenvalue weighted by atomic mass is 16.5. The SMILES string of the molecule is CCOC(=O)Nc1ccc(NCc2ccccc2OC)nc1. The van der Waals surface area contributed by atoms with Crippen LogP contribution in [-0.4, -0.2) is 24.8 Å². The smallest absolute Gasteiger partial charge is 0.411 e. The van der Waals surface area contributed by atoms with Gasteiger partial charge in [-0.15, -0.1) is 0 Å². The number of nitrogens with zero attached hydrogens (tertiary/aromatic N) is 1. The molecule has 0 fully saturated rings. The van der Waals surface area contributed by atoms with E-state index in [9.17, 15) is 4.79 Å². The number of benzene rings is 1. The molecule has 0 atom stereocenters. The monoisotopic (exact) mass is 301 g/mol. The predicted molar refractivity (Wildman–Crippen MR) is 85.2 cm³/mol. The summed E-state index contributed by atoms with van der Waals surface area (Å²) in [4.78, 5) is 15.5. The van der Waals surface area contributed by atoms with Crippen LogP contribution in [0.1, 0.15) is 12.5 Å². The van der Waals surface area contributed by atoms with E-state index in [4.69, 9.17) is 9.47 Å². The van der Waals surface area contributed by atoms with Crippen molar-refractivity contribution in [3.63, 3.8) is 0 Å². The van der Waals surface area contributed by atoms with Crippen molar-refractivity contribution in [1.82, 2.24) is 4.98 Å².